The number of benzene rings is 1. The highest BCUT2D eigenvalue weighted by Crippen LogP contribution is 2.27. The topological polar surface area (TPSA) is 81.5 Å². The number of hydrogen-bond donors (Lipinski definition) is 1. The second-order valence-electron chi connectivity index (χ2n) is 4.50. The normalized spacial score (nSPS) is 10.2. The molecule has 1 aromatic carbocycles. The lowest BCUT2D eigenvalue weighted by Crippen LogP contribution is -2.24. The third-order valence-electron chi connectivity index (χ3n) is 2.98. The molecular weight excluding hydrogens is 296 g/mol. The number of alkyl halides is 1. The van der Waals surface area contributed by atoms with Gasteiger partial charge in [-0.15, -0.1) is 11.6 Å². The number of nitro benzene ring substituents is 1. The average Bonchev–Trinajstić information content (AvgIpc) is 2.49. The molecule has 0 unspecified atom stereocenters. The Labute approximate surface area is 128 Å². The van der Waals surface area contributed by atoms with Gasteiger partial charge in [0.2, 0.25) is 0 Å². The van der Waals surface area contributed by atoms with Gasteiger partial charge in [0.1, 0.15) is 0 Å². The number of hydrogen-bond acceptors (Lipinski definition) is 4. The molecular formula is C14H19ClN2O4. The van der Waals surface area contributed by atoms with Crippen LogP contribution < -0.4 is 10.1 Å². The first kappa shape index (κ1) is 17.2. The molecule has 1 aromatic rings. The van der Waals surface area contributed by atoms with Crippen LogP contribution >= 0.6 is 11.6 Å². The predicted octanol–water partition coefficient (Wildman–Crippen LogP) is 3.13. The molecule has 1 amide bonds. The maximum absolute atomic E-state index is 11.9. The maximum Gasteiger partial charge on any atom is 0.310 e. The van der Waals surface area contributed by atoms with E-state index in [-0.39, 0.29) is 17.3 Å². The number of methoxy groups -OCH3 is 1. The van der Waals surface area contributed by atoms with Crippen LogP contribution in [0.5, 0.6) is 5.75 Å². The van der Waals surface area contributed by atoms with Gasteiger partial charge in [0.05, 0.1) is 12.0 Å². The lowest BCUT2D eigenvalue weighted by molar-refractivity contribution is -0.385. The highest BCUT2D eigenvalue weighted by molar-refractivity contribution is 6.17. The van der Waals surface area contributed by atoms with Gasteiger partial charge in [-0.1, -0.05) is 12.8 Å². The summed E-state index contributed by atoms with van der Waals surface area (Å²) in [6, 6.07) is 4.07. The monoisotopic (exact) mass is 314 g/mol. The molecule has 6 nitrogen and oxygen atoms in total. The molecule has 1 rings (SSSR count). The molecule has 21 heavy (non-hydrogen) atoms. The van der Waals surface area contributed by atoms with E-state index in [9.17, 15) is 14.9 Å². The molecule has 0 radical (unpaired) electrons. The van der Waals surface area contributed by atoms with Crippen LogP contribution in [0.2, 0.25) is 0 Å². The fourth-order valence-corrected chi connectivity index (χ4v) is 2.04. The average molecular weight is 315 g/mol. The lowest BCUT2D eigenvalue weighted by atomic mass is 10.1. The van der Waals surface area contributed by atoms with Crippen molar-refractivity contribution in [1.29, 1.82) is 0 Å². The Morgan fingerprint density at radius 3 is 2.67 bits per heavy atom. The molecule has 7 heteroatoms. The Morgan fingerprint density at radius 2 is 2.05 bits per heavy atom. The molecule has 0 aliphatic rings. The fourth-order valence-electron chi connectivity index (χ4n) is 1.85. The van der Waals surface area contributed by atoms with E-state index in [0.717, 1.165) is 25.7 Å². The first-order valence-corrected chi connectivity index (χ1v) is 7.30. The van der Waals surface area contributed by atoms with Crippen LogP contribution in [0.25, 0.3) is 0 Å². The Bertz CT molecular complexity index is 494. The Balaban J connectivity index is 2.53. The smallest absolute Gasteiger partial charge is 0.310 e. The van der Waals surface area contributed by atoms with Gasteiger partial charge in [-0.05, 0) is 18.9 Å². The Morgan fingerprint density at radius 1 is 1.33 bits per heavy atom. The van der Waals surface area contributed by atoms with Crippen molar-refractivity contribution in [2.75, 3.05) is 19.5 Å². The second kappa shape index (κ2) is 9.18. The number of rotatable bonds is 9. The lowest BCUT2D eigenvalue weighted by Gasteiger charge is -2.07. The maximum atomic E-state index is 11.9. The molecule has 0 aliphatic carbocycles. The van der Waals surface area contributed by atoms with Crippen molar-refractivity contribution < 1.29 is 14.5 Å². The van der Waals surface area contributed by atoms with Crippen LogP contribution in [0.15, 0.2) is 18.2 Å². The van der Waals surface area contributed by atoms with E-state index >= 15 is 0 Å². The van der Waals surface area contributed by atoms with Crippen molar-refractivity contribution in [2.24, 2.45) is 0 Å². The summed E-state index contributed by atoms with van der Waals surface area (Å²) in [5, 5.41) is 13.6. The molecule has 0 atom stereocenters. The van der Waals surface area contributed by atoms with Crippen molar-refractivity contribution in [3.8, 4) is 5.75 Å². The molecule has 0 aliphatic heterocycles. The van der Waals surface area contributed by atoms with Crippen molar-refractivity contribution in [3.05, 3.63) is 33.9 Å². The molecule has 116 valence electrons. The molecule has 0 heterocycles. The van der Waals surface area contributed by atoms with Crippen LogP contribution in [0.3, 0.4) is 0 Å². The first-order chi connectivity index (χ1) is 10.1. The third kappa shape index (κ3) is 5.59. The molecule has 0 saturated carbocycles. The standard InChI is InChI=1S/C14H19ClN2O4/c1-21-13-10-11(6-7-12(13)17(19)20)14(18)16-9-5-3-2-4-8-15/h6-7,10H,2-5,8-9H2,1H3,(H,16,18). The van der Waals surface area contributed by atoms with Crippen LogP contribution in [-0.4, -0.2) is 30.4 Å². The van der Waals surface area contributed by atoms with E-state index < -0.39 is 4.92 Å². The number of carbonyl (C=O) groups excluding carboxylic acids is 1. The van der Waals surface area contributed by atoms with Crippen molar-refractivity contribution in [1.82, 2.24) is 5.32 Å². The summed E-state index contributed by atoms with van der Waals surface area (Å²) < 4.78 is 4.93. The fraction of sp³-hybridized carbons (Fsp3) is 0.500. The van der Waals surface area contributed by atoms with Crippen LogP contribution in [0.1, 0.15) is 36.0 Å². The number of amides is 1. The van der Waals surface area contributed by atoms with Gasteiger partial charge in [0.15, 0.2) is 5.75 Å². The van der Waals surface area contributed by atoms with E-state index in [2.05, 4.69) is 5.32 Å². The van der Waals surface area contributed by atoms with Crippen molar-refractivity contribution in [3.63, 3.8) is 0 Å². The largest absolute Gasteiger partial charge is 0.490 e. The van der Waals surface area contributed by atoms with Crippen LogP contribution in [0, 0.1) is 10.1 Å². The first-order valence-electron chi connectivity index (χ1n) is 6.76. The number of halogens is 1. The van der Waals surface area contributed by atoms with E-state index in [4.69, 9.17) is 16.3 Å². The molecule has 0 fully saturated rings. The zero-order chi connectivity index (χ0) is 15.7. The summed E-state index contributed by atoms with van der Waals surface area (Å²) >= 11 is 5.58. The summed E-state index contributed by atoms with van der Waals surface area (Å²) in [4.78, 5) is 22.2. The van der Waals surface area contributed by atoms with Gasteiger partial charge in [-0.3, -0.25) is 14.9 Å². The molecule has 0 saturated heterocycles. The van der Waals surface area contributed by atoms with Gasteiger partial charge in [-0.2, -0.15) is 0 Å². The summed E-state index contributed by atoms with van der Waals surface area (Å²) in [5.41, 5.74) is 0.188. The number of nitrogens with one attached hydrogen (secondary N) is 1. The number of nitro groups is 1. The van der Waals surface area contributed by atoms with Crippen molar-refractivity contribution >= 4 is 23.2 Å². The van der Waals surface area contributed by atoms with Crippen LogP contribution in [-0.2, 0) is 0 Å². The zero-order valence-corrected chi connectivity index (χ0v) is 12.7. The molecule has 1 N–H and O–H groups in total. The number of carbonyl (C=O) groups is 1. The minimum atomic E-state index is -0.544. The number of unbranched alkanes of at least 4 members (excludes halogenated alkanes) is 3. The highest BCUT2D eigenvalue weighted by Gasteiger charge is 2.17. The quantitative estimate of drug-likeness (QED) is 0.328. The number of nitrogens with zero attached hydrogens (tertiary/aromatic N) is 1. The summed E-state index contributed by atoms with van der Waals surface area (Å²) in [5.74, 6) is 0.477. The summed E-state index contributed by atoms with van der Waals surface area (Å²) in [6.45, 7) is 0.570. The van der Waals surface area contributed by atoms with E-state index in [1.54, 1.807) is 0 Å². The predicted molar refractivity (Wildman–Crippen MR) is 81.2 cm³/mol. The van der Waals surface area contributed by atoms with Gasteiger partial charge in [0, 0.05) is 30.1 Å². The van der Waals surface area contributed by atoms with Gasteiger partial charge >= 0.3 is 5.69 Å². The van der Waals surface area contributed by atoms with Crippen LogP contribution in [0.4, 0.5) is 5.69 Å². The zero-order valence-electron chi connectivity index (χ0n) is 11.9. The van der Waals surface area contributed by atoms with E-state index in [1.807, 2.05) is 0 Å². The van der Waals surface area contributed by atoms with E-state index in [0.29, 0.717) is 18.0 Å². The molecule has 0 spiro atoms. The van der Waals surface area contributed by atoms with Crippen molar-refractivity contribution in [2.45, 2.75) is 25.7 Å². The highest BCUT2D eigenvalue weighted by atomic mass is 35.5. The SMILES string of the molecule is COc1cc(C(=O)NCCCCCCCl)ccc1[N+](=O)[O-]. The van der Waals surface area contributed by atoms with E-state index in [1.165, 1.54) is 25.3 Å². The Hall–Kier alpha value is -1.82. The summed E-state index contributed by atoms with van der Waals surface area (Å²) in [7, 11) is 1.33. The van der Waals surface area contributed by atoms with Gasteiger partial charge in [-0.25, -0.2) is 0 Å². The molecule has 0 bridgehead atoms. The molecule has 0 aromatic heterocycles. The minimum Gasteiger partial charge on any atom is -0.490 e. The second-order valence-corrected chi connectivity index (χ2v) is 4.88. The number of ether oxygens (including phenoxy) is 1. The van der Waals surface area contributed by atoms with Gasteiger partial charge in [0.25, 0.3) is 5.91 Å². The third-order valence-corrected chi connectivity index (χ3v) is 3.25. The summed E-state index contributed by atoms with van der Waals surface area (Å²) in [6.07, 6.45) is 3.92. The van der Waals surface area contributed by atoms with Gasteiger partial charge < -0.3 is 10.1 Å². The minimum absolute atomic E-state index is 0.0785. The Kier molecular flexibility index (Phi) is 7.53.